The van der Waals surface area contributed by atoms with Crippen LogP contribution >= 0.6 is 0 Å². The van der Waals surface area contributed by atoms with Crippen molar-refractivity contribution >= 4 is 5.78 Å². The minimum Gasteiger partial charge on any atom is -0.491 e. The molecule has 0 bridgehead atoms. The summed E-state index contributed by atoms with van der Waals surface area (Å²) >= 11 is 0. The zero-order valence-electron chi connectivity index (χ0n) is 18.7. The molecule has 2 rings (SSSR count). The summed E-state index contributed by atoms with van der Waals surface area (Å²) in [6.45, 7) is 9.48. The first-order chi connectivity index (χ1) is 14.2. The lowest BCUT2D eigenvalue weighted by molar-refractivity contribution is 0.0958. The van der Waals surface area contributed by atoms with Crippen molar-refractivity contribution in [2.45, 2.75) is 78.1 Å². The molecule has 1 aromatic rings. The number of Topliss-reactive ketones (excluding diaryl/α,β-unsaturated/α-hetero) is 1. The maximum absolute atomic E-state index is 12.7. The van der Waals surface area contributed by atoms with E-state index in [1.165, 1.54) is 44.9 Å². The van der Waals surface area contributed by atoms with Crippen LogP contribution in [0.15, 0.2) is 18.2 Å². The van der Waals surface area contributed by atoms with Crippen LogP contribution in [0, 0.1) is 0 Å². The molecule has 0 saturated carbocycles. The number of ether oxygens (including phenoxy) is 2. The highest BCUT2D eigenvalue weighted by atomic mass is 16.5. The lowest BCUT2D eigenvalue weighted by Gasteiger charge is -2.19. The van der Waals surface area contributed by atoms with Crippen molar-refractivity contribution in [1.29, 1.82) is 0 Å². The van der Waals surface area contributed by atoms with Crippen LogP contribution in [0.4, 0.5) is 0 Å². The van der Waals surface area contributed by atoms with E-state index in [9.17, 15) is 4.79 Å². The zero-order valence-corrected chi connectivity index (χ0v) is 18.7. The fourth-order valence-corrected chi connectivity index (χ4v) is 3.88. The van der Waals surface area contributed by atoms with Crippen LogP contribution in [0.3, 0.4) is 0 Å². The number of aryl methyl sites for hydroxylation is 1. The predicted molar refractivity (Wildman–Crippen MR) is 120 cm³/mol. The average Bonchev–Trinajstić information content (AvgIpc) is 3.03. The maximum Gasteiger partial charge on any atom is 0.164 e. The Labute approximate surface area is 178 Å². The fourth-order valence-electron chi connectivity index (χ4n) is 3.88. The number of nitrogens with zero attached hydrogens (tertiary/aromatic N) is 1. The smallest absolute Gasteiger partial charge is 0.164 e. The first-order valence-electron chi connectivity index (χ1n) is 11.8. The minimum atomic E-state index is 0.242. The highest BCUT2D eigenvalue weighted by molar-refractivity contribution is 5.96. The number of hydrogen-bond acceptors (Lipinski definition) is 4. The molecule has 1 aromatic carbocycles. The Morgan fingerprint density at radius 2 is 1.76 bits per heavy atom. The summed E-state index contributed by atoms with van der Waals surface area (Å²) in [6, 6.07) is 5.90. The van der Waals surface area contributed by atoms with Crippen molar-refractivity contribution in [2.75, 3.05) is 39.5 Å². The largest absolute Gasteiger partial charge is 0.491 e. The van der Waals surface area contributed by atoms with Gasteiger partial charge in [0.1, 0.15) is 12.4 Å². The third-order valence-corrected chi connectivity index (χ3v) is 5.74. The van der Waals surface area contributed by atoms with E-state index in [-0.39, 0.29) is 5.78 Å². The molecule has 1 saturated heterocycles. The minimum absolute atomic E-state index is 0.242. The molecule has 0 aliphatic carbocycles. The van der Waals surface area contributed by atoms with Crippen LogP contribution in [0.5, 0.6) is 5.75 Å². The number of ketones is 1. The molecule has 29 heavy (non-hydrogen) atoms. The van der Waals surface area contributed by atoms with Crippen LogP contribution in [0.25, 0.3) is 0 Å². The molecule has 0 N–H and O–H groups in total. The first kappa shape index (κ1) is 23.9. The Balaban J connectivity index is 1.74. The van der Waals surface area contributed by atoms with Gasteiger partial charge in [0.2, 0.25) is 0 Å². The van der Waals surface area contributed by atoms with Gasteiger partial charge in [-0.2, -0.15) is 0 Å². The number of likely N-dealkylation sites (tertiary alicyclic amines) is 1. The van der Waals surface area contributed by atoms with Gasteiger partial charge in [0.15, 0.2) is 5.78 Å². The third kappa shape index (κ3) is 9.31. The van der Waals surface area contributed by atoms with Crippen molar-refractivity contribution < 1.29 is 14.3 Å². The molecule has 1 aliphatic heterocycles. The normalized spacial score (nSPS) is 15.2. The summed E-state index contributed by atoms with van der Waals surface area (Å²) in [5, 5.41) is 0. The standard InChI is InChI=1S/C25H41NO3/c1-3-5-6-11-18-28-19-20-29-25-13-12-23(21-22(25)4-2)24(27)14-17-26-15-9-7-8-10-16-26/h12-13,21H,3-11,14-20H2,1-2H3. The van der Waals surface area contributed by atoms with Gasteiger partial charge in [-0.05, 0) is 62.5 Å². The molecular formula is C25H41NO3. The van der Waals surface area contributed by atoms with Gasteiger partial charge in [-0.25, -0.2) is 0 Å². The molecule has 1 aliphatic rings. The van der Waals surface area contributed by atoms with Gasteiger partial charge in [0, 0.05) is 25.1 Å². The Morgan fingerprint density at radius 1 is 0.966 bits per heavy atom. The molecule has 0 aromatic heterocycles. The lowest BCUT2D eigenvalue weighted by Crippen LogP contribution is -2.27. The van der Waals surface area contributed by atoms with Crippen LogP contribution in [0.1, 0.15) is 87.6 Å². The summed E-state index contributed by atoms with van der Waals surface area (Å²) in [5.41, 5.74) is 1.92. The van der Waals surface area contributed by atoms with E-state index in [1.54, 1.807) is 0 Å². The molecule has 0 spiro atoms. The van der Waals surface area contributed by atoms with Gasteiger partial charge in [0.25, 0.3) is 0 Å². The average molecular weight is 404 g/mol. The Morgan fingerprint density at radius 3 is 2.48 bits per heavy atom. The highest BCUT2D eigenvalue weighted by Crippen LogP contribution is 2.22. The predicted octanol–water partition coefficient (Wildman–Crippen LogP) is 5.67. The molecule has 4 nitrogen and oxygen atoms in total. The van der Waals surface area contributed by atoms with Gasteiger partial charge in [-0.1, -0.05) is 46.0 Å². The second-order valence-electron chi connectivity index (χ2n) is 8.13. The molecule has 164 valence electrons. The van der Waals surface area contributed by atoms with Crippen molar-refractivity contribution in [3.63, 3.8) is 0 Å². The summed E-state index contributed by atoms with van der Waals surface area (Å²) in [5.74, 6) is 1.12. The highest BCUT2D eigenvalue weighted by Gasteiger charge is 2.14. The maximum atomic E-state index is 12.7. The molecule has 0 amide bonds. The quantitative estimate of drug-likeness (QED) is 0.296. The van der Waals surface area contributed by atoms with Crippen molar-refractivity contribution in [3.05, 3.63) is 29.3 Å². The summed E-state index contributed by atoms with van der Waals surface area (Å²) < 4.78 is 11.6. The Bertz CT molecular complexity index is 579. The molecular weight excluding hydrogens is 362 g/mol. The summed E-state index contributed by atoms with van der Waals surface area (Å²) in [6.07, 6.45) is 11.6. The van der Waals surface area contributed by atoms with Gasteiger partial charge < -0.3 is 14.4 Å². The van der Waals surface area contributed by atoms with Gasteiger partial charge in [-0.3, -0.25) is 4.79 Å². The molecule has 1 heterocycles. The summed E-state index contributed by atoms with van der Waals surface area (Å²) in [4.78, 5) is 15.1. The van der Waals surface area contributed by atoms with E-state index >= 15 is 0 Å². The van der Waals surface area contributed by atoms with Crippen LogP contribution in [0.2, 0.25) is 0 Å². The number of carbonyl (C=O) groups is 1. The molecule has 0 atom stereocenters. The summed E-state index contributed by atoms with van der Waals surface area (Å²) in [7, 11) is 0. The zero-order chi connectivity index (χ0) is 20.7. The van der Waals surface area contributed by atoms with Crippen molar-refractivity contribution in [1.82, 2.24) is 4.90 Å². The SMILES string of the molecule is CCCCCCOCCOc1ccc(C(=O)CCN2CCCCCC2)cc1CC. The Hall–Kier alpha value is -1.39. The Kier molecular flexibility index (Phi) is 12.0. The molecule has 4 heteroatoms. The van der Waals surface area contributed by atoms with Crippen molar-refractivity contribution in [2.24, 2.45) is 0 Å². The topological polar surface area (TPSA) is 38.8 Å². The molecule has 1 fully saturated rings. The van der Waals surface area contributed by atoms with Crippen LogP contribution < -0.4 is 4.74 Å². The third-order valence-electron chi connectivity index (χ3n) is 5.74. The molecule has 0 radical (unpaired) electrons. The van der Waals surface area contributed by atoms with E-state index in [2.05, 4.69) is 18.7 Å². The van der Waals surface area contributed by atoms with Crippen molar-refractivity contribution in [3.8, 4) is 5.75 Å². The monoisotopic (exact) mass is 403 g/mol. The van der Waals surface area contributed by atoms with Gasteiger partial charge >= 0.3 is 0 Å². The lowest BCUT2D eigenvalue weighted by atomic mass is 10.0. The number of benzene rings is 1. The van der Waals surface area contributed by atoms with E-state index in [1.807, 2.05) is 18.2 Å². The number of carbonyl (C=O) groups excluding carboxylic acids is 1. The number of hydrogen-bond donors (Lipinski definition) is 0. The van der Waals surface area contributed by atoms with E-state index < -0.39 is 0 Å². The van der Waals surface area contributed by atoms with Gasteiger partial charge in [-0.15, -0.1) is 0 Å². The first-order valence-corrected chi connectivity index (χ1v) is 11.8. The number of unbranched alkanes of at least 4 members (excludes halogenated alkanes) is 3. The van der Waals surface area contributed by atoms with Crippen LogP contribution in [-0.4, -0.2) is 50.1 Å². The van der Waals surface area contributed by atoms with Gasteiger partial charge in [0.05, 0.1) is 6.61 Å². The second-order valence-corrected chi connectivity index (χ2v) is 8.13. The second kappa shape index (κ2) is 14.6. The van der Waals surface area contributed by atoms with E-state index in [4.69, 9.17) is 9.47 Å². The number of rotatable bonds is 14. The fraction of sp³-hybridized carbons (Fsp3) is 0.720. The molecule has 0 unspecified atom stereocenters. The van der Waals surface area contributed by atoms with Crippen LogP contribution in [-0.2, 0) is 11.2 Å². The van der Waals surface area contributed by atoms with E-state index in [0.29, 0.717) is 19.6 Å². The van der Waals surface area contributed by atoms with E-state index in [0.717, 1.165) is 56.0 Å².